The predicted molar refractivity (Wildman–Crippen MR) is 184 cm³/mol. The van der Waals surface area contributed by atoms with Crippen molar-refractivity contribution in [3.63, 3.8) is 0 Å². The fourth-order valence-corrected chi connectivity index (χ4v) is 5.60. The zero-order valence-electron chi connectivity index (χ0n) is 27.6. The largest absolute Gasteiger partial charge is 0.573 e. The average molecular weight is 713 g/mol. The zero-order chi connectivity index (χ0) is 36.5. The number of amides is 2. The summed E-state index contributed by atoms with van der Waals surface area (Å²) < 4.78 is 67.8. The van der Waals surface area contributed by atoms with Crippen molar-refractivity contribution < 1.29 is 41.0 Å². The Morgan fingerprint density at radius 3 is 2.02 bits per heavy atom. The summed E-state index contributed by atoms with van der Waals surface area (Å²) in [4.78, 5) is 27.2. The molecule has 4 N–H and O–H groups in total. The van der Waals surface area contributed by atoms with Gasteiger partial charge in [-0.3, -0.25) is 13.9 Å². The fraction of sp³-hybridized carbons (Fsp3) is 0.278. The molecule has 0 fully saturated rings. The zero-order valence-corrected chi connectivity index (χ0v) is 28.5. The lowest BCUT2D eigenvalue weighted by Gasteiger charge is -2.26. The van der Waals surface area contributed by atoms with Gasteiger partial charge in [0.2, 0.25) is 10.0 Å². The molecule has 0 saturated carbocycles. The van der Waals surface area contributed by atoms with E-state index in [1.165, 1.54) is 43.4 Å². The Morgan fingerprint density at radius 1 is 0.840 bits per heavy atom. The molecule has 0 bridgehead atoms. The van der Waals surface area contributed by atoms with Gasteiger partial charge in [0.05, 0.1) is 30.1 Å². The molecule has 14 heteroatoms. The minimum absolute atomic E-state index is 0.0183. The van der Waals surface area contributed by atoms with Crippen LogP contribution >= 0.6 is 0 Å². The fourth-order valence-electron chi connectivity index (χ4n) is 5.11. The first kappa shape index (κ1) is 37.9. The number of alkyl halides is 3. The number of anilines is 1. The van der Waals surface area contributed by atoms with Gasteiger partial charge in [0.15, 0.2) is 0 Å². The smallest absolute Gasteiger partial charge is 0.406 e. The highest BCUT2D eigenvalue weighted by Crippen LogP contribution is 2.24. The van der Waals surface area contributed by atoms with Crippen LogP contribution in [0, 0.1) is 0 Å². The van der Waals surface area contributed by atoms with Crippen molar-refractivity contribution >= 4 is 27.5 Å². The Kier molecular flexibility index (Phi) is 12.6. The third kappa shape index (κ3) is 11.3. The quantitative estimate of drug-likeness (QED) is 0.137. The van der Waals surface area contributed by atoms with Crippen molar-refractivity contribution in [3.05, 3.63) is 131 Å². The van der Waals surface area contributed by atoms with Crippen molar-refractivity contribution in [2.45, 2.75) is 44.4 Å². The molecular formula is C36H39F3N4O6S. The van der Waals surface area contributed by atoms with Crippen LogP contribution in [-0.4, -0.2) is 63.7 Å². The number of hydrogen-bond acceptors (Lipinski definition) is 7. The number of carbonyl (C=O) groups excluding carboxylic acids is 2. The third-order valence-corrected chi connectivity index (χ3v) is 9.05. The number of halogens is 3. The number of aliphatic hydroxyl groups excluding tert-OH is 1. The van der Waals surface area contributed by atoms with E-state index in [-0.39, 0.29) is 42.1 Å². The Balaban J connectivity index is 1.56. The van der Waals surface area contributed by atoms with Crippen molar-refractivity contribution in [2.75, 3.05) is 24.2 Å². The van der Waals surface area contributed by atoms with Crippen molar-refractivity contribution in [3.8, 4) is 5.75 Å². The lowest BCUT2D eigenvalue weighted by molar-refractivity contribution is -0.274. The van der Waals surface area contributed by atoms with E-state index in [0.29, 0.717) is 5.56 Å². The summed E-state index contributed by atoms with van der Waals surface area (Å²) in [6, 6.07) is 26.5. The molecule has 50 heavy (non-hydrogen) atoms. The van der Waals surface area contributed by atoms with Crippen molar-refractivity contribution in [1.29, 1.82) is 0 Å². The standard InChI is InChI=1S/C36H39F3N4O6S/c1-24(27-14-8-5-9-15-27)41-34(45)28-19-29(21-30(20-28)43(2)50(3,47)48)35(46)42-32(18-25-11-6-4-7-12-25)33(44)23-40-22-26-13-10-16-31(17-26)49-36(37,38)39/h4-17,19-21,24,32-33,40,44H,18,22-23H2,1-3H3,(H,41,45)(H,42,46)/t24-,32+,33-/m1/s1. The summed E-state index contributed by atoms with van der Waals surface area (Å²) in [7, 11) is -2.47. The number of aliphatic hydroxyl groups is 1. The number of nitrogens with one attached hydrogen (secondary N) is 3. The summed E-state index contributed by atoms with van der Waals surface area (Å²) in [5.41, 5.74) is 2.23. The van der Waals surface area contributed by atoms with Gasteiger partial charge in [0.1, 0.15) is 5.75 Å². The molecule has 3 atom stereocenters. The maximum Gasteiger partial charge on any atom is 0.573 e. The van der Waals surface area contributed by atoms with Gasteiger partial charge < -0.3 is 25.8 Å². The lowest BCUT2D eigenvalue weighted by atomic mass is 10.00. The van der Waals surface area contributed by atoms with Gasteiger partial charge in [-0.25, -0.2) is 8.42 Å². The monoisotopic (exact) mass is 712 g/mol. The van der Waals surface area contributed by atoms with Crippen LogP contribution in [0.25, 0.3) is 0 Å². The second kappa shape index (κ2) is 16.7. The van der Waals surface area contributed by atoms with E-state index < -0.39 is 46.4 Å². The van der Waals surface area contributed by atoms with Crippen LogP contribution in [-0.2, 0) is 23.0 Å². The van der Waals surface area contributed by atoms with Gasteiger partial charge in [-0.15, -0.1) is 13.2 Å². The van der Waals surface area contributed by atoms with E-state index in [2.05, 4.69) is 20.7 Å². The Morgan fingerprint density at radius 2 is 1.42 bits per heavy atom. The molecular weight excluding hydrogens is 673 g/mol. The van der Waals surface area contributed by atoms with Gasteiger partial charge in [0, 0.05) is 31.3 Å². The van der Waals surface area contributed by atoms with Gasteiger partial charge in [-0.05, 0) is 60.4 Å². The number of rotatable bonds is 15. The van der Waals surface area contributed by atoms with Gasteiger partial charge >= 0.3 is 6.36 Å². The minimum atomic E-state index is -4.84. The Labute approximate surface area is 289 Å². The average Bonchev–Trinajstić information content (AvgIpc) is 3.07. The highest BCUT2D eigenvalue weighted by atomic mass is 32.2. The molecule has 4 rings (SSSR count). The second-order valence-electron chi connectivity index (χ2n) is 11.8. The molecule has 2 amide bonds. The van der Waals surface area contributed by atoms with Crippen LogP contribution in [0.3, 0.4) is 0 Å². The van der Waals surface area contributed by atoms with E-state index in [1.54, 1.807) is 25.1 Å². The number of benzene rings is 4. The van der Waals surface area contributed by atoms with Gasteiger partial charge in [-0.1, -0.05) is 72.8 Å². The first-order valence-corrected chi connectivity index (χ1v) is 17.5. The normalized spacial score (nSPS) is 13.5. The summed E-state index contributed by atoms with van der Waals surface area (Å²) in [6.45, 7) is 1.84. The van der Waals surface area contributed by atoms with Crippen LogP contribution in [0.15, 0.2) is 103 Å². The highest BCUT2D eigenvalue weighted by Gasteiger charge is 2.31. The molecule has 0 aliphatic rings. The summed E-state index contributed by atoms with van der Waals surface area (Å²) in [6.07, 6.45) is -4.81. The van der Waals surface area contributed by atoms with Gasteiger partial charge in [0.25, 0.3) is 11.8 Å². The molecule has 266 valence electrons. The van der Waals surface area contributed by atoms with E-state index in [9.17, 15) is 36.3 Å². The molecule has 0 aliphatic carbocycles. The molecule has 4 aromatic carbocycles. The maximum atomic E-state index is 13.8. The number of ether oxygens (including phenoxy) is 1. The first-order chi connectivity index (χ1) is 23.6. The predicted octanol–water partition coefficient (Wildman–Crippen LogP) is 4.96. The van der Waals surface area contributed by atoms with Crippen LogP contribution in [0.2, 0.25) is 0 Å². The van der Waals surface area contributed by atoms with Crippen LogP contribution in [0.5, 0.6) is 5.75 Å². The van der Waals surface area contributed by atoms with E-state index in [0.717, 1.165) is 21.7 Å². The SMILES string of the molecule is C[C@@H](NC(=O)c1cc(C(=O)N[C@@H](Cc2ccccc2)[C@H](O)CNCc2cccc(OC(F)(F)F)c2)cc(N(C)S(C)(=O)=O)c1)c1ccccc1. The molecule has 0 aromatic heterocycles. The van der Waals surface area contributed by atoms with Gasteiger partial charge in [-0.2, -0.15) is 0 Å². The Bertz CT molecular complexity index is 1860. The molecule has 0 saturated heterocycles. The molecule has 0 radical (unpaired) electrons. The third-order valence-electron chi connectivity index (χ3n) is 7.84. The second-order valence-corrected chi connectivity index (χ2v) is 13.8. The maximum absolute atomic E-state index is 13.8. The lowest BCUT2D eigenvalue weighted by Crippen LogP contribution is -2.48. The number of carbonyl (C=O) groups is 2. The number of sulfonamides is 1. The molecule has 0 heterocycles. The van der Waals surface area contributed by atoms with Crippen LogP contribution in [0.1, 0.15) is 50.4 Å². The summed E-state index contributed by atoms with van der Waals surface area (Å²) in [5.74, 6) is -1.58. The summed E-state index contributed by atoms with van der Waals surface area (Å²) >= 11 is 0. The number of hydrogen-bond donors (Lipinski definition) is 4. The topological polar surface area (TPSA) is 137 Å². The molecule has 4 aromatic rings. The summed E-state index contributed by atoms with van der Waals surface area (Å²) in [5, 5.41) is 20.0. The molecule has 0 spiro atoms. The minimum Gasteiger partial charge on any atom is -0.406 e. The van der Waals surface area contributed by atoms with E-state index in [1.807, 2.05) is 48.5 Å². The van der Waals surface area contributed by atoms with E-state index >= 15 is 0 Å². The highest BCUT2D eigenvalue weighted by molar-refractivity contribution is 7.92. The number of nitrogens with zero attached hydrogens (tertiary/aromatic N) is 1. The van der Waals surface area contributed by atoms with Crippen LogP contribution in [0.4, 0.5) is 18.9 Å². The first-order valence-electron chi connectivity index (χ1n) is 15.6. The molecule has 0 unspecified atom stereocenters. The van der Waals surface area contributed by atoms with E-state index in [4.69, 9.17) is 0 Å². The Hall–Kier alpha value is -4.92. The van der Waals surface area contributed by atoms with Crippen molar-refractivity contribution in [2.24, 2.45) is 0 Å². The van der Waals surface area contributed by atoms with Crippen molar-refractivity contribution in [1.82, 2.24) is 16.0 Å². The van der Waals surface area contributed by atoms with Crippen LogP contribution < -0.4 is 25.0 Å². The molecule has 0 aliphatic heterocycles. The molecule has 10 nitrogen and oxygen atoms in total.